The maximum atomic E-state index is 4.08. The molecule has 2 fully saturated rings. The molecule has 0 radical (unpaired) electrons. The molecule has 2 saturated carbocycles. The fraction of sp³-hybridized carbons (Fsp3) is 0.846. The summed E-state index contributed by atoms with van der Waals surface area (Å²) in [5, 5.41) is 0. The minimum Gasteiger partial charge on any atom is -0.103 e. The van der Waals surface area contributed by atoms with Crippen LogP contribution in [0.2, 0.25) is 99.7 Å². The molecule has 0 saturated heterocycles. The molecule has 0 nitrogen and oxygen atoms in total. The van der Waals surface area contributed by atoms with Gasteiger partial charge in [-0.05, 0) is 35.9 Å². The zero-order valence-corrected chi connectivity index (χ0v) is 36.6. The van der Waals surface area contributed by atoms with Crippen molar-refractivity contribution in [3.05, 3.63) is 38.0 Å². The second kappa shape index (κ2) is 23.0. The van der Waals surface area contributed by atoms with Gasteiger partial charge in [-0.1, -0.05) is 191 Å². The standard InChI is InChI=1S/C33H68Si4.C6H12.Fe/c1-11-22-34(5,6)25-16-29-37(30-17-26-35(7,8)23-12-2,31-18-27-36(9,10)24-13-3)28-15-21-33-20-14-19-32(33)4;1-6-4-2-3-5-6;/h11-13,32-33H,1-3,14-31H2,4-10H3;6H,2-5H2,1H3;. The van der Waals surface area contributed by atoms with Gasteiger partial charge in [0.2, 0.25) is 0 Å². The first-order chi connectivity index (χ1) is 20.2. The van der Waals surface area contributed by atoms with E-state index in [2.05, 4.69) is 91.1 Å². The molecule has 2 aliphatic rings. The van der Waals surface area contributed by atoms with E-state index in [9.17, 15) is 0 Å². The predicted molar refractivity (Wildman–Crippen MR) is 214 cm³/mol. The Morgan fingerprint density at radius 2 is 0.909 bits per heavy atom. The minimum absolute atomic E-state index is 0. The van der Waals surface area contributed by atoms with Crippen molar-refractivity contribution >= 4 is 32.3 Å². The molecule has 44 heavy (non-hydrogen) atoms. The van der Waals surface area contributed by atoms with Crippen molar-refractivity contribution in [1.29, 1.82) is 0 Å². The normalized spacial score (nSPS) is 19.6. The van der Waals surface area contributed by atoms with Gasteiger partial charge in [0.1, 0.15) is 0 Å². The van der Waals surface area contributed by atoms with Crippen LogP contribution >= 0.6 is 0 Å². The number of hydrogen-bond acceptors (Lipinski definition) is 0. The van der Waals surface area contributed by atoms with Crippen molar-refractivity contribution in [1.82, 2.24) is 0 Å². The van der Waals surface area contributed by atoms with Crippen molar-refractivity contribution in [3.8, 4) is 0 Å². The van der Waals surface area contributed by atoms with E-state index >= 15 is 0 Å². The molecule has 0 aromatic carbocycles. The molecule has 5 heteroatoms. The van der Waals surface area contributed by atoms with Crippen molar-refractivity contribution < 1.29 is 17.1 Å². The van der Waals surface area contributed by atoms with Crippen molar-refractivity contribution in [2.75, 3.05) is 0 Å². The monoisotopic (exact) mass is 716 g/mol. The smallest absolute Gasteiger partial charge is 0.0535 e. The van der Waals surface area contributed by atoms with Crippen LogP contribution in [0.3, 0.4) is 0 Å². The van der Waals surface area contributed by atoms with Gasteiger partial charge in [0, 0.05) is 17.1 Å². The van der Waals surface area contributed by atoms with E-state index in [4.69, 9.17) is 0 Å². The second-order valence-corrected chi connectivity index (χ2v) is 38.7. The third-order valence-electron chi connectivity index (χ3n) is 11.7. The SMILES string of the molecule is C=CC[Si](C)(C)CCC[Si](CCCC1CCCC1C)(CCC[Si](C)(C)CC=C)CCC[Si](C)(C)CC=C.CC1CCCC1.[Fe]. The molecule has 0 heterocycles. The van der Waals surface area contributed by atoms with E-state index in [1.807, 2.05) is 0 Å². The number of rotatable bonds is 22. The summed E-state index contributed by atoms with van der Waals surface area (Å²) in [4.78, 5) is 0. The average molecular weight is 717 g/mol. The largest absolute Gasteiger partial charge is 0.103 e. The summed E-state index contributed by atoms with van der Waals surface area (Å²) < 4.78 is 0. The maximum absolute atomic E-state index is 4.08. The van der Waals surface area contributed by atoms with Gasteiger partial charge in [-0.15, -0.1) is 19.7 Å². The Hall–Kier alpha value is 0.607. The molecule has 2 aliphatic carbocycles. The van der Waals surface area contributed by atoms with Crippen LogP contribution < -0.4 is 0 Å². The third-order valence-corrected chi connectivity index (χ3v) is 26.7. The predicted octanol–water partition coefficient (Wildman–Crippen LogP) is 14.7. The van der Waals surface area contributed by atoms with Crippen LogP contribution in [0.1, 0.15) is 90.9 Å². The van der Waals surface area contributed by atoms with E-state index in [0.717, 1.165) is 17.8 Å². The van der Waals surface area contributed by atoms with Gasteiger partial charge in [0.05, 0.1) is 32.3 Å². The summed E-state index contributed by atoms with van der Waals surface area (Å²) in [6.45, 7) is 32.7. The van der Waals surface area contributed by atoms with Gasteiger partial charge in [0.25, 0.3) is 0 Å². The summed E-state index contributed by atoms with van der Waals surface area (Å²) in [6, 6.07) is 14.9. The number of allylic oxidation sites excluding steroid dienone is 3. The molecule has 0 aromatic heterocycles. The van der Waals surface area contributed by atoms with Crippen LogP contribution in [0.15, 0.2) is 38.0 Å². The molecule has 260 valence electrons. The van der Waals surface area contributed by atoms with Crippen LogP contribution in [0.25, 0.3) is 0 Å². The Kier molecular flexibility index (Phi) is 23.4. The molecule has 0 aromatic rings. The first-order valence-electron chi connectivity index (χ1n) is 19.0. The maximum Gasteiger partial charge on any atom is 0.0535 e. The summed E-state index contributed by atoms with van der Waals surface area (Å²) in [7, 11) is -4.61. The summed E-state index contributed by atoms with van der Waals surface area (Å²) in [5.41, 5.74) is 0. The van der Waals surface area contributed by atoms with Crippen molar-refractivity contribution in [2.24, 2.45) is 17.8 Å². The van der Waals surface area contributed by atoms with Crippen LogP contribution in [0.4, 0.5) is 0 Å². The quantitative estimate of drug-likeness (QED) is 0.0773. The molecular formula is C39H80FeSi4. The van der Waals surface area contributed by atoms with Crippen LogP contribution in [0, 0.1) is 17.8 Å². The van der Waals surface area contributed by atoms with Gasteiger partial charge in [-0.25, -0.2) is 0 Å². The average Bonchev–Trinajstić information content (AvgIpc) is 3.54. The van der Waals surface area contributed by atoms with Crippen molar-refractivity contribution in [3.63, 3.8) is 0 Å². The Balaban J connectivity index is 0.00000234. The molecule has 0 spiro atoms. The zero-order valence-electron chi connectivity index (χ0n) is 31.5. The third kappa shape index (κ3) is 20.1. The molecular weight excluding hydrogens is 637 g/mol. The van der Waals surface area contributed by atoms with Crippen LogP contribution in [-0.4, -0.2) is 32.3 Å². The molecule has 2 rings (SSSR count). The van der Waals surface area contributed by atoms with Gasteiger partial charge in [-0.2, -0.15) is 0 Å². The summed E-state index contributed by atoms with van der Waals surface area (Å²) in [5.74, 6) is 3.06. The van der Waals surface area contributed by atoms with Gasteiger partial charge in [0.15, 0.2) is 0 Å². The fourth-order valence-corrected chi connectivity index (χ4v) is 21.2. The van der Waals surface area contributed by atoms with E-state index in [1.165, 1.54) is 113 Å². The Labute approximate surface area is 294 Å². The number of hydrogen-bond donors (Lipinski definition) is 0. The zero-order chi connectivity index (χ0) is 32.4. The first-order valence-corrected chi connectivity index (χ1v) is 32.1. The molecule has 0 aliphatic heterocycles. The first kappa shape index (κ1) is 44.6. The van der Waals surface area contributed by atoms with Gasteiger partial charge >= 0.3 is 0 Å². The molecule has 0 amide bonds. The molecule has 0 bridgehead atoms. The summed E-state index contributed by atoms with van der Waals surface area (Å²) >= 11 is 0. The van der Waals surface area contributed by atoms with E-state index < -0.39 is 32.3 Å². The second-order valence-electron chi connectivity index (χ2n) is 18.0. The van der Waals surface area contributed by atoms with E-state index in [0.29, 0.717) is 0 Å². The topological polar surface area (TPSA) is 0 Å². The molecule has 2 atom stereocenters. The minimum atomic E-state index is -1.27. The Bertz CT molecular complexity index is 699. The van der Waals surface area contributed by atoms with Crippen LogP contribution in [-0.2, 0) is 17.1 Å². The fourth-order valence-electron chi connectivity index (χ4n) is 8.57. The summed E-state index contributed by atoms with van der Waals surface area (Å²) in [6.07, 6.45) is 24.7. The van der Waals surface area contributed by atoms with Crippen molar-refractivity contribution in [2.45, 2.75) is 191 Å². The Morgan fingerprint density at radius 1 is 0.523 bits per heavy atom. The Morgan fingerprint density at radius 3 is 1.20 bits per heavy atom. The van der Waals surface area contributed by atoms with E-state index in [-0.39, 0.29) is 17.1 Å². The molecule has 2 unspecified atom stereocenters. The van der Waals surface area contributed by atoms with Gasteiger partial charge in [-0.3, -0.25) is 0 Å². The van der Waals surface area contributed by atoms with E-state index in [1.54, 1.807) is 24.2 Å². The molecule has 0 N–H and O–H groups in total. The van der Waals surface area contributed by atoms with Gasteiger partial charge < -0.3 is 0 Å². The van der Waals surface area contributed by atoms with Crippen LogP contribution in [0.5, 0.6) is 0 Å².